The minimum atomic E-state index is -0.709. The zero-order valence-corrected chi connectivity index (χ0v) is 18.9. The average molecular weight is 453 g/mol. The molecule has 0 spiro atoms. The molecule has 33 heavy (non-hydrogen) atoms. The second-order valence-electron chi connectivity index (χ2n) is 8.17. The molecule has 1 aliphatic rings. The fourth-order valence-electron chi connectivity index (χ4n) is 4.47. The number of anilines is 1. The Hall–Kier alpha value is -3.23. The summed E-state index contributed by atoms with van der Waals surface area (Å²) in [5, 5.41) is 10.9. The third-order valence-electron chi connectivity index (χ3n) is 6.17. The van der Waals surface area contributed by atoms with Crippen molar-refractivity contribution >= 4 is 5.82 Å². The van der Waals surface area contributed by atoms with Crippen LogP contribution in [-0.4, -0.2) is 59.5 Å². The first-order valence-electron chi connectivity index (χ1n) is 11.1. The molecule has 0 radical (unpaired) electrons. The molecule has 3 aromatic rings. The van der Waals surface area contributed by atoms with E-state index in [1.807, 2.05) is 18.2 Å². The molecule has 0 aliphatic carbocycles. The van der Waals surface area contributed by atoms with E-state index in [4.69, 9.17) is 4.74 Å². The van der Waals surface area contributed by atoms with Crippen molar-refractivity contribution in [2.24, 2.45) is 0 Å². The zero-order chi connectivity index (χ0) is 23.4. The fraction of sp³-hybridized carbons (Fsp3) is 0.360. The Morgan fingerprint density at radius 1 is 1.12 bits per heavy atom. The Labute approximate surface area is 192 Å². The highest BCUT2D eigenvalue weighted by Crippen LogP contribution is 2.34. The third kappa shape index (κ3) is 4.77. The number of methoxy groups -OCH3 is 1. The van der Waals surface area contributed by atoms with E-state index in [1.54, 1.807) is 49.1 Å². The summed E-state index contributed by atoms with van der Waals surface area (Å²) in [4.78, 5) is 22.2. The van der Waals surface area contributed by atoms with Crippen LogP contribution in [0.5, 0.6) is 5.75 Å². The summed E-state index contributed by atoms with van der Waals surface area (Å²) in [6.07, 6.45) is 1.76. The quantitative estimate of drug-likeness (QED) is 0.595. The van der Waals surface area contributed by atoms with Gasteiger partial charge < -0.3 is 19.3 Å². The van der Waals surface area contributed by atoms with Gasteiger partial charge in [0.2, 0.25) is 0 Å². The molecule has 1 aromatic carbocycles. The molecule has 3 heterocycles. The number of pyridine rings is 2. The largest absolute Gasteiger partial charge is 0.507 e. The SMILES string of the molecule is COCCn1c(C)cc(O)c([C@H](c2ccccc2F)N2CCN(c3ccccn3)CC2)c1=O. The first-order chi connectivity index (χ1) is 16.0. The minimum Gasteiger partial charge on any atom is -0.507 e. The Balaban J connectivity index is 1.74. The van der Waals surface area contributed by atoms with Crippen molar-refractivity contribution in [3.63, 3.8) is 0 Å². The van der Waals surface area contributed by atoms with E-state index in [2.05, 4.69) is 14.8 Å². The standard InChI is InChI=1S/C25H29FN4O3/c1-18-17-21(31)23(25(32)30(18)15-16-33-2)24(19-7-3-4-8-20(19)26)29-13-11-28(12-14-29)22-9-5-6-10-27-22/h3-10,17,24,31H,11-16H2,1-2H3/t24-/m0/s1. The van der Waals surface area contributed by atoms with Gasteiger partial charge in [0.1, 0.15) is 17.4 Å². The highest BCUT2D eigenvalue weighted by molar-refractivity contribution is 5.43. The molecule has 0 unspecified atom stereocenters. The highest BCUT2D eigenvalue weighted by atomic mass is 19.1. The summed E-state index contributed by atoms with van der Waals surface area (Å²) in [6.45, 7) is 4.99. The van der Waals surface area contributed by atoms with Crippen LogP contribution in [0.15, 0.2) is 59.5 Å². The number of aromatic hydroxyl groups is 1. The maximum atomic E-state index is 15.0. The van der Waals surface area contributed by atoms with Gasteiger partial charge >= 0.3 is 0 Å². The number of aromatic nitrogens is 2. The summed E-state index contributed by atoms with van der Waals surface area (Å²) in [5.41, 5.74) is 0.863. The van der Waals surface area contributed by atoms with E-state index < -0.39 is 11.9 Å². The van der Waals surface area contributed by atoms with Gasteiger partial charge in [0.25, 0.3) is 5.56 Å². The van der Waals surface area contributed by atoms with Gasteiger partial charge in [0.05, 0.1) is 18.2 Å². The smallest absolute Gasteiger partial charge is 0.259 e. The van der Waals surface area contributed by atoms with Gasteiger partial charge in [0, 0.05) is 57.3 Å². The summed E-state index contributed by atoms with van der Waals surface area (Å²) in [6, 6.07) is 13.1. The lowest BCUT2D eigenvalue weighted by Crippen LogP contribution is -2.49. The number of halogens is 1. The molecule has 2 aromatic heterocycles. The number of piperazine rings is 1. The summed E-state index contributed by atoms with van der Waals surface area (Å²) in [7, 11) is 1.57. The first-order valence-corrected chi connectivity index (χ1v) is 11.1. The van der Waals surface area contributed by atoms with Gasteiger partial charge in [0.15, 0.2) is 0 Å². The van der Waals surface area contributed by atoms with E-state index in [9.17, 15) is 9.90 Å². The molecule has 0 bridgehead atoms. The molecule has 4 rings (SSSR count). The Morgan fingerprint density at radius 3 is 2.52 bits per heavy atom. The van der Waals surface area contributed by atoms with E-state index in [0.717, 1.165) is 5.82 Å². The molecule has 1 fully saturated rings. The van der Waals surface area contributed by atoms with Crippen molar-refractivity contribution in [3.8, 4) is 5.75 Å². The number of nitrogens with zero attached hydrogens (tertiary/aromatic N) is 4. The van der Waals surface area contributed by atoms with Crippen LogP contribution in [0.25, 0.3) is 0 Å². The van der Waals surface area contributed by atoms with Crippen LogP contribution >= 0.6 is 0 Å². The Bertz CT molecular complexity index is 1140. The van der Waals surface area contributed by atoms with Crippen LogP contribution in [0.1, 0.15) is 22.9 Å². The van der Waals surface area contributed by atoms with E-state index >= 15 is 4.39 Å². The second kappa shape index (κ2) is 10.1. The lowest BCUT2D eigenvalue weighted by atomic mass is 9.95. The van der Waals surface area contributed by atoms with Crippen molar-refractivity contribution in [3.05, 3.63) is 87.7 Å². The highest BCUT2D eigenvalue weighted by Gasteiger charge is 2.33. The molecule has 1 atom stereocenters. The van der Waals surface area contributed by atoms with Gasteiger partial charge in [-0.2, -0.15) is 0 Å². The molecule has 8 heteroatoms. The molecular formula is C25H29FN4O3. The van der Waals surface area contributed by atoms with Crippen LogP contribution in [0.2, 0.25) is 0 Å². The number of hydrogen-bond acceptors (Lipinski definition) is 6. The van der Waals surface area contributed by atoms with Crippen LogP contribution in [0, 0.1) is 12.7 Å². The minimum absolute atomic E-state index is 0.119. The maximum absolute atomic E-state index is 15.0. The van der Waals surface area contributed by atoms with E-state index in [0.29, 0.717) is 50.6 Å². The van der Waals surface area contributed by atoms with E-state index in [1.165, 1.54) is 6.07 Å². The van der Waals surface area contributed by atoms with Crippen molar-refractivity contribution in [1.82, 2.24) is 14.5 Å². The molecular weight excluding hydrogens is 423 g/mol. The summed E-state index contributed by atoms with van der Waals surface area (Å²) >= 11 is 0. The Kier molecular flexibility index (Phi) is 7.05. The topological polar surface area (TPSA) is 70.8 Å². The van der Waals surface area contributed by atoms with Crippen molar-refractivity contribution < 1.29 is 14.2 Å². The number of benzene rings is 1. The predicted octanol–water partition coefficient (Wildman–Crippen LogP) is 2.95. The summed E-state index contributed by atoms with van der Waals surface area (Å²) < 4.78 is 21.7. The van der Waals surface area contributed by atoms with Gasteiger partial charge in [-0.1, -0.05) is 24.3 Å². The van der Waals surface area contributed by atoms with Gasteiger partial charge in [-0.3, -0.25) is 9.69 Å². The number of ether oxygens (including phenoxy) is 1. The van der Waals surface area contributed by atoms with Crippen LogP contribution < -0.4 is 10.5 Å². The molecule has 0 amide bonds. The Morgan fingerprint density at radius 2 is 1.85 bits per heavy atom. The lowest BCUT2D eigenvalue weighted by Gasteiger charge is -2.40. The molecule has 0 saturated carbocycles. The number of hydrogen-bond donors (Lipinski definition) is 1. The predicted molar refractivity (Wildman–Crippen MR) is 125 cm³/mol. The molecule has 1 saturated heterocycles. The van der Waals surface area contributed by atoms with Crippen molar-refractivity contribution in [2.45, 2.75) is 19.5 Å². The molecule has 7 nitrogen and oxygen atoms in total. The maximum Gasteiger partial charge on any atom is 0.259 e. The monoisotopic (exact) mass is 452 g/mol. The average Bonchev–Trinajstić information content (AvgIpc) is 2.83. The van der Waals surface area contributed by atoms with Gasteiger partial charge in [-0.05, 0) is 31.2 Å². The van der Waals surface area contributed by atoms with Crippen molar-refractivity contribution in [2.75, 3.05) is 44.8 Å². The normalized spacial score (nSPS) is 15.5. The van der Waals surface area contributed by atoms with Crippen LogP contribution in [0.4, 0.5) is 10.2 Å². The van der Waals surface area contributed by atoms with E-state index in [-0.39, 0.29) is 16.9 Å². The first kappa shape index (κ1) is 22.9. The lowest BCUT2D eigenvalue weighted by molar-refractivity contribution is 0.183. The van der Waals surface area contributed by atoms with Gasteiger partial charge in [-0.25, -0.2) is 9.37 Å². The number of rotatable bonds is 7. The number of aryl methyl sites for hydroxylation is 1. The molecule has 1 N–H and O–H groups in total. The van der Waals surface area contributed by atoms with Gasteiger partial charge in [-0.15, -0.1) is 0 Å². The fourth-order valence-corrected chi connectivity index (χ4v) is 4.47. The molecule has 1 aliphatic heterocycles. The zero-order valence-electron chi connectivity index (χ0n) is 18.9. The summed E-state index contributed by atoms with van der Waals surface area (Å²) in [5.74, 6) is 0.365. The second-order valence-corrected chi connectivity index (χ2v) is 8.17. The van der Waals surface area contributed by atoms with Crippen LogP contribution in [-0.2, 0) is 11.3 Å². The third-order valence-corrected chi connectivity index (χ3v) is 6.17. The van der Waals surface area contributed by atoms with Crippen molar-refractivity contribution in [1.29, 1.82) is 0 Å². The van der Waals surface area contributed by atoms with Crippen LogP contribution in [0.3, 0.4) is 0 Å². The molecule has 174 valence electrons.